The number of nitrogens with zero attached hydrogens (tertiary/aromatic N) is 1. The number of rotatable bonds is 7. The molecule has 0 aromatic heterocycles. The van der Waals surface area contributed by atoms with Gasteiger partial charge in [-0.2, -0.15) is 4.31 Å². The topological polar surface area (TPSA) is 127 Å². The van der Waals surface area contributed by atoms with E-state index in [4.69, 9.17) is 5.73 Å². The summed E-state index contributed by atoms with van der Waals surface area (Å²) in [6.07, 6.45) is 2.39. The molecule has 10 heteroatoms. The second kappa shape index (κ2) is 6.83. The average molecular weight is 327 g/mol. The van der Waals surface area contributed by atoms with Gasteiger partial charge in [0.2, 0.25) is 15.9 Å². The molecule has 0 aromatic carbocycles. The van der Waals surface area contributed by atoms with Crippen LogP contribution in [0.4, 0.5) is 0 Å². The summed E-state index contributed by atoms with van der Waals surface area (Å²) in [5.41, 5.74) is 5.09. The lowest BCUT2D eigenvalue weighted by molar-refractivity contribution is -0.118. The Kier molecular flexibility index (Phi) is 5.92. The maximum absolute atomic E-state index is 12.2. The summed E-state index contributed by atoms with van der Waals surface area (Å²) in [5, 5.41) is 3.06. The molecule has 0 radical (unpaired) electrons. The number of nitrogens with two attached hydrogens (primary N) is 1. The number of hydrogen-bond acceptors (Lipinski definition) is 6. The Morgan fingerprint density at radius 3 is 2.40 bits per heavy atom. The van der Waals surface area contributed by atoms with Crippen molar-refractivity contribution in [3.05, 3.63) is 0 Å². The lowest BCUT2D eigenvalue weighted by Gasteiger charge is -2.32. The number of nitrogens with one attached hydrogen (secondary N) is 1. The van der Waals surface area contributed by atoms with Gasteiger partial charge in [0, 0.05) is 18.8 Å². The van der Waals surface area contributed by atoms with E-state index in [2.05, 4.69) is 5.32 Å². The van der Waals surface area contributed by atoms with E-state index in [9.17, 15) is 21.6 Å². The van der Waals surface area contributed by atoms with Gasteiger partial charge in [-0.25, -0.2) is 16.8 Å². The minimum Gasteiger partial charge on any atom is -0.369 e. The summed E-state index contributed by atoms with van der Waals surface area (Å²) in [5.74, 6) is -1.75. The van der Waals surface area contributed by atoms with Crippen LogP contribution in [0.25, 0.3) is 0 Å². The van der Waals surface area contributed by atoms with Gasteiger partial charge >= 0.3 is 0 Å². The second-order valence-electron chi connectivity index (χ2n) is 4.96. The SMILES string of the molecule is CS(=O)(=O)CCS(=O)(=O)N(CC(N)=O)C1CCCNC1. The Morgan fingerprint density at radius 2 is 1.95 bits per heavy atom. The van der Waals surface area contributed by atoms with E-state index in [1.54, 1.807) is 0 Å². The molecule has 1 heterocycles. The highest BCUT2D eigenvalue weighted by Gasteiger charge is 2.32. The summed E-state index contributed by atoms with van der Waals surface area (Å²) in [6, 6.07) is -0.360. The fraction of sp³-hybridized carbons (Fsp3) is 0.900. The predicted octanol–water partition coefficient (Wildman–Crippen LogP) is -2.10. The molecule has 1 amide bonds. The van der Waals surface area contributed by atoms with Gasteiger partial charge in [0.25, 0.3) is 0 Å². The number of carbonyl (C=O) groups is 1. The van der Waals surface area contributed by atoms with Gasteiger partial charge in [0.1, 0.15) is 9.84 Å². The molecule has 1 fully saturated rings. The highest BCUT2D eigenvalue weighted by molar-refractivity contribution is 7.93. The molecule has 1 unspecified atom stereocenters. The van der Waals surface area contributed by atoms with Crippen LogP contribution >= 0.6 is 0 Å². The van der Waals surface area contributed by atoms with E-state index in [0.717, 1.165) is 23.5 Å². The molecular formula is C10H21N3O5S2. The van der Waals surface area contributed by atoms with Crippen molar-refractivity contribution in [1.82, 2.24) is 9.62 Å². The molecule has 1 atom stereocenters. The zero-order valence-corrected chi connectivity index (χ0v) is 13.0. The van der Waals surface area contributed by atoms with Gasteiger partial charge in [-0.15, -0.1) is 0 Å². The molecule has 0 aliphatic carbocycles. The lowest BCUT2D eigenvalue weighted by atomic mass is 10.1. The third-order valence-electron chi connectivity index (χ3n) is 3.06. The summed E-state index contributed by atoms with van der Waals surface area (Å²) in [7, 11) is -7.22. The van der Waals surface area contributed by atoms with Gasteiger partial charge in [-0.05, 0) is 19.4 Å². The van der Waals surface area contributed by atoms with Crippen molar-refractivity contribution in [2.45, 2.75) is 18.9 Å². The average Bonchev–Trinajstić information content (AvgIpc) is 2.34. The number of sulfonamides is 1. The van der Waals surface area contributed by atoms with Crippen molar-refractivity contribution in [3.63, 3.8) is 0 Å². The number of amides is 1. The predicted molar refractivity (Wildman–Crippen MR) is 75.3 cm³/mol. The summed E-state index contributed by atoms with van der Waals surface area (Å²) < 4.78 is 47.7. The standard InChI is InChI=1S/C10H21N3O5S2/c1-19(15,16)5-6-20(17,18)13(8-10(11)14)9-3-2-4-12-7-9/h9,12H,2-8H2,1H3,(H2,11,14). The van der Waals surface area contributed by atoms with E-state index in [1.165, 1.54) is 0 Å². The zero-order valence-electron chi connectivity index (χ0n) is 11.4. The van der Waals surface area contributed by atoms with Crippen LogP contribution in [0, 0.1) is 0 Å². The summed E-state index contributed by atoms with van der Waals surface area (Å²) in [4.78, 5) is 11.1. The molecule has 1 aliphatic rings. The van der Waals surface area contributed by atoms with Crippen LogP contribution in [0.3, 0.4) is 0 Å². The minimum absolute atomic E-state index is 0.360. The van der Waals surface area contributed by atoms with Gasteiger partial charge < -0.3 is 11.1 Å². The van der Waals surface area contributed by atoms with Crippen LogP contribution < -0.4 is 11.1 Å². The highest BCUT2D eigenvalue weighted by Crippen LogP contribution is 2.15. The third-order valence-corrected chi connectivity index (χ3v) is 6.13. The molecule has 1 rings (SSSR count). The second-order valence-corrected chi connectivity index (χ2v) is 9.26. The summed E-state index contributed by atoms with van der Waals surface area (Å²) in [6.45, 7) is 0.814. The van der Waals surface area contributed by atoms with Crippen LogP contribution in [0.15, 0.2) is 0 Å². The first-order valence-electron chi connectivity index (χ1n) is 6.28. The van der Waals surface area contributed by atoms with Gasteiger partial charge in [-0.1, -0.05) is 0 Å². The van der Waals surface area contributed by atoms with Crippen molar-refractivity contribution >= 4 is 25.8 Å². The molecule has 8 nitrogen and oxygen atoms in total. The van der Waals surface area contributed by atoms with Crippen LogP contribution in [-0.2, 0) is 24.7 Å². The van der Waals surface area contributed by atoms with Gasteiger partial charge in [-0.3, -0.25) is 4.79 Å². The Balaban J connectivity index is 2.87. The van der Waals surface area contributed by atoms with Crippen molar-refractivity contribution in [1.29, 1.82) is 0 Å². The van der Waals surface area contributed by atoms with E-state index in [-0.39, 0.29) is 6.04 Å². The Morgan fingerprint density at radius 1 is 1.30 bits per heavy atom. The largest absolute Gasteiger partial charge is 0.369 e. The molecule has 0 saturated carbocycles. The minimum atomic E-state index is -3.84. The Hall–Kier alpha value is -0.710. The van der Waals surface area contributed by atoms with Crippen molar-refractivity contribution in [2.75, 3.05) is 37.4 Å². The first-order chi connectivity index (χ1) is 9.12. The Bertz CT molecular complexity index is 537. The normalized spacial score (nSPS) is 21.0. The van der Waals surface area contributed by atoms with Crippen LogP contribution in [0.1, 0.15) is 12.8 Å². The molecule has 0 bridgehead atoms. The number of hydrogen-bond donors (Lipinski definition) is 2. The van der Waals surface area contributed by atoms with Crippen LogP contribution in [-0.4, -0.2) is 70.5 Å². The summed E-state index contributed by atoms with van der Waals surface area (Å²) >= 11 is 0. The van der Waals surface area contributed by atoms with Crippen LogP contribution in [0.5, 0.6) is 0 Å². The first kappa shape index (κ1) is 17.3. The van der Waals surface area contributed by atoms with Crippen molar-refractivity contribution in [3.8, 4) is 0 Å². The molecule has 3 N–H and O–H groups in total. The number of primary amides is 1. The van der Waals surface area contributed by atoms with E-state index >= 15 is 0 Å². The van der Waals surface area contributed by atoms with E-state index in [1.807, 2.05) is 0 Å². The number of sulfone groups is 1. The van der Waals surface area contributed by atoms with E-state index < -0.39 is 43.8 Å². The molecule has 118 valence electrons. The van der Waals surface area contributed by atoms with Crippen molar-refractivity contribution < 1.29 is 21.6 Å². The maximum Gasteiger partial charge on any atom is 0.232 e. The highest BCUT2D eigenvalue weighted by atomic mass is 32.2. The molecule has 1 aliphatic heterocycles. The third kappa shape index (κ3) is 5.73. The molecule has 1 saturated heterocycles. The number of carbonyl (C=O) groups excluding carboxylic acids is 1. The molecule has 20 heavy (non-hydrogen) atoms. The van der Waals surface area contributed by atoms with Crippen LogP contribution in [0.2, 0.25) is 0 Å². The molecule has 0 aromatic rings. The Labute approximate surface area is 119 Å². The molecule has 0 spiro atoms. The smallest absolute Gasteiger partial charge is 0.232 e. The zero-order chi connectivity index (χ0) is 15.4. The molecular weight excluding hydrogens is 306 g/mol. The number of piperidine rings is 1. The fourth-order valence-electron chi connectivity index (χ4n) is 2.06. The lowest BCUT2D eigenvalue weighted by Crippen LogP contribution is -2.52. The van der Waals surface area contributed by atoms with E-state index in [0.29, 0.717) is 13.0 Å². The first-order valence-corrected chi connectivity index (χ1v) is 9.95. The van der Waals surface area contributed by atoms with Gasteiger partial charge in [0.15, 0.2) is 0 Å². The maximum atomic E-state index is 12.2. The monoisotopic (exact) mass is 327 g/mol. The van der Waals surface area contributed by atoms with Gasteiger partial charge in [0.05, 0.1) is 18.1 Å². The quantitative estimate of drug-likeness (QED) is 0.551. The fourth-order valence-corrected chi connectivity index (χ4v) is 5.31. The van der Waals surface area contributed by atoms with Crippen molar-refractivity contribution in [2.24, 2.45) is 5.73 Å².